The van der Waals surface area contributed by atoms with Gasteiger partial charge in [0, 0.05) is 35.7 Å². The lowest BCUT2D eigenvalue weighted by atomic mass is 10.0. The van der Waals surface area contributed by atoms with Crippen LogP contribution in [0, 0.1) is 0 Å². The quantitative estimate of drug-likeness (QED) is 0.613. The average Bonchev–Trinajstić information content (AvgIpc) is 3.07. The Bertz CT molecular complexity index is 1210. The summed E-state index contributed by atoms with van der Waals surface area (Å²) in [5, 5.41) is 1.06. The number of imidazole rings is 1. The standard InChI is InChI=1S/C21H25Cl2N5O2/c1-13-7-4-5-10-27(13)12-17-24-19-18(20(29)26(3)21(30)25(19)2)28(17)11-14-15(22)8-6-9-16(14)23/h6,8-9,13H,4-5,7,10-12H2,1-3H3. The number of aryl methyl sites for hydroxylation is 1. The summed E-state index contributed by atoms with van der Waals surface area (Å²) in [5.41, 5.74) is 0.720. The van der Waals surface area contributed by atoms with Crippen molar-refractivity contribution in [3.63, 3.8) is 0 Å². The van der Waals surface area contributed by atoms with Gasteiger partial charge in [-0.2, -0.15) is 0 Å². The van der Waals surface area contributed by atoms with Crippen LogP contribution in [-0.4, -0.2) is 36.2 Å². The minimum atomic E-state index is -0.397. The first-order chi connectivity index (χ1) is 14.3. The zero-order valence-corrected chi connectivity index (χ0v) is 18.9. The van der Waals surface area contributed by atoms with E-state index >= 15 is 0 Å². The molecule has 1 atom stereocenters. The molecule has 0 radical (unpaired) electrons. The lowest BCUT2D eigenvalue weighted by molar-refractivity contribution is 0.147. The maximum absolute atomic E-state index is 13.1. The SMILES string of the molecule is CC1CCCCN1Cc1nc2c(c(=O)n(C)c(=O)n2C)n1Cc1c(Cl)cccc1Cl. The second-order valence-electron chi connectivity index (χ2n) is 8.01. The molecule has 1 unspecified atom stereocenters. The number of halogens is 2. The highest BCUT2D eigenvalue weighted by Crippen LogP contribution is 2.27. The van der Waals surface area contributed by atoms with Crippen molar-refractivity contribution in [3.8, 4) is 0 Å². The molecule has 3 aromatic rings. The number of rotatable bonds is 4. The fourth-order valence-electron chi connectivity index (χ4n) is 4.20. The van der Waals surface area contributed by atoms with Gasteiger partial charge in [-0.3, -0.25) is 18.8 Å². The maximum atomic E-state index is 13.1. The van der Waals surface area contributed by atoms with Gasteiger partial charge in [-0.1, -0.05) is 35.7 Å². The van der Waals surface area contributed by atoms with Gasteiger partial charge < -0.3 is 4.57 Å². The molecule has 9 heteroatoms. The maximum Gasteiger partial charge on any atom is 0.332 e. The van der Waals surface area contributed by atoms with Crippen molar-refractivity contribution < 1.29 is 0 Å². The Morgan fingerprint density at radius 3 is 2.43 bits per heavy atom. The van der Waals surface area contributed by atoms with E-state index in [-0.39, 0.29) is 5.56 Å². The van der Waals surface area contributed by atoms with E-state index in [1.54, 1.807) is 25.2 Å². The second kappa shape index (κ2) is 8.21. The van der Waals surface area contributed by atoms with Crippen LogP contribution in [0.4, 0.5) is 0 Å². The topological polar surface area (TPSA) is 65.1 Å². The molecule has 1 aromatic carbocycles. The minimum absolute atomic E-state index is 0.306. The highest BCUT2D eigenvalue weighted by Gasteiger charge is 2.25. The van der Waals surface area contributed by atoms with Crippen molar-refractivity contribution in [2.45, 2.75) is 45.3 Å². The molecule has 0 amide bonds. The van der Waals surface area contributed by atoms with E-state index in [4.69, 9.17) is 28.2 Å². The summed E-state index contributed by atoms with van der Waals surface area (Å²) in [6, 6.07) is 5.78. The first-order valence-electron chi connectivity index (χ1n) is 10.1. The number of piperidine rings is 1. The van der Waals surface area contributed by atoms with Gasteiger partial charge in [0.1, 0.15) is 5.82 Å². The van der Waals surface area contributed by atoms with Crippen LogP contribution in [0.1, 0.15) is 37.6 Å². The van der Waals surface area contributed by atoms with Gasteiger partial charge in [-0.05, 0) is 38.4 Å². The van der Waals surface area contributed by atoms with E-state index < -0.39 is 5.69 Å². The van der Waals surface area contributed by atoms with Gasteiger partial charge in [-0.15, -0.1) is 0 Å². The summed E-state index contributed by atoms with van der Waals surface area (Å²) < 4.78 is 4.40. The number of nitrogens with zero attached hydrogens (tertiary/aromatic N) is 5. The highest BCUT2D eigenvalue weighted by atomic mass is 35.5. The summed E-state index contributed by atoms with van der Waals surface area (Å²) >= 11 is 12.9. The summed E-state index contributed by atoms with van der Waals surface area (Å²) in [5.74, 6) is 0.730. The van der Waals surface area contributed by atoms with Crippen LogP contribution in [0.2, 0.25) is 10.0 Å². The summed E-state index contributed by atoms with van der Waals surface area (Å²) in [7, 11) is 3.12. The molecular weight excluding hydrogens is 425 g/mol. The molecule has 0 saturated carbocycles. The lowest BCUT2D eigenvalue weighted by Gasteiger charge is -2.33. The minimum Gasteiger partial charge on any atom is -0.316 e. The number of likely N-dealkylation sites (tertiary alicyclic amines) is 1. The van der Waals surface area contributed by atoms with Crippen LogP contribution in [-0.2, 0) is 27.2 Å². The van der Waals surface area contributed by atoms with Crippen LogP contribution in [0.15, 0.2) is 27.8 Å². The fourth-order valence-corrected chi connectivity index (χ4v) is 4.72. The third-order valence-electron chi connectivity index (χ3n) is 6.09. The molecule has 30 heavy (non-hydrogen) atoms. The monoisotopic (exact) mass is 449 g/mol. The van der Waals surface area contributed by atoms with Gasteiger partial charge in [0.25, 0.3) is 5.56 Å². The molecule has 1 fully saturated rings. The molecule has 0 spiro atoms. The number of hydrogen-bond donors (Lipinski definition) is 0. The third kappa shape index (κ3) is 3.59. The van der Waals surface area contributed by atoms with Crippen molar-refractivity contribution in [2.24, 2.45) is 14.1 Å². The van der Waals surface area contributed by atoms with Gasteiger partial charge in [-0.25, -0.2) is 9.78 Å². The van der Waals surface area contributed by atoms with Crippen molar-refractivity contribution >= 4 is 34.4 Å². The Morgan fingerprint density at radius 2 is 1.77 bits per heavy atom. The Balaban J connectivity index is 1.92. The van der Waals surface area contributed by atoms with Gasteiger partial charge in [0.05, 0.1) is 13.1 Å². The molecule has 1 aliphatic rings. The Kier molecular flexibility index (Phi) is 5.79. The predicted octanol–water partition coefficient (Wildman–Crippen LogP) is 3.16. The molecule has 0 aliphatic carbocycles. The van der Waals surface area contributed by atoms with Crippen molar-refractivity contribution in [1.82, 2.24) is 23.6 Å². The van der Waals surface area contributed by atoms with Gasteiger partial charge in [0.15, 0.2) is 11.2 Å². The van der Waals surface area contributed by atoms with Crippen LogP contribution >= 0.6 is 23.2 Å². The molecule has 3 heterocycles. The first kappa shape index (κ1) is 21.2. The normalized spacial score (nSPS) is 17.7. The van der Waals surface area contributed by atoms with Crippen LogP contribution in [0.3, 0.4) is 0 Å². The van der Waals surface area contributed by atoms with E-state index in [0.717, 1.165) is 35.3 Å². The van der Waals surface area contributed by atoms with Crippen molar-refractivity contribution in [3.05, 3.63) is 60.5 Å². The largest absolute Gasteiger partial charge is 0.332 e. The van der Waals surface area contributed by atoms with E-state index in [1.165, 1.54) is 18.0 Å². The number of fused-ring (bicyclic) bond motifs is 1. The van der Waals surface area contributed by atoms with Gasteiger partial charge >= 0.3 is 5.69 Å². The van der Waals surface area contributed by atoms with Crippen LogP contribution in [0.25, 0.3) is 11.2 Å². The fraction of sp³-hybridized carbons (Fsp3) is 0.476. The van der Waals surface area contributed by atoms with Crippen molar-refractivity contribution in [2.75, 3.05) is 6.54 Å². The zero-order chi connectivity index (χ0) is 21.6. The van der Waals surface area contributed by atoms with Crippen molar-refractivity contribution in [1.29, 1.82) is 0 Å². The number of hydrogen-bond acceptors (Lipinski definition) is 4. The van der Waals surface area contributed by atoms with E-state index in [1.807, 2.05) is 4.57 Å². The van der Waals surface area contributed by atoms with Gasteiger partial charge in [0.2, 0.25) is 0 Å². The smallest absolute Gasteiger partial charge is 0.316 e. The van der Waals surface area contributed by atoms with Crippen LogP contribution in [0.5, 0.6) is 0 Å². The van der Waals surface area contributed by atoms with E-state index in [2.05, 4.69) is 11.8 Å². The molecule has 2 aromatic heterocycles. The molecule has 0 N–H and O–H groups in total. The Hall–Kier alpha value is -2.09. The summed E-state index contributed by atoms with van der Waals surface area (Å²) in [6.45, 7) is 4.09. The lowest BCUT2D eigenvalue weighted by Crippen LogP contribution is -2.38. The molecule has 1 aliphatic heterocycles. The van der Waals surface area contributed by atoms with Crippen LogP contribution < -0.4 is 11.2 Å². The second-order valence-corrected chi connectivity index (χ2v) is 8.82. The first-order valence-corrected chi connectivity index (χ1v) is 10.9. The highest BCUT2D eigenvalue weighted by molar-refractivity contribution is 6.36. The van der Waals surface area contributed by atoms with E-state index in [9.17, 15) is 9.59 Å². The predicted molar refractivity (Wildman–Crippen MR) is 120 cm³/mol. The Labute approximate surface area is 184 Å². The summed E-state index contributed by atoms with van der Waals surface area (Å²) in [4.78, 5) is 32.6. The number of benzene rings is 1. The summed E-state index contributed by atoms with van der Waals surface area (Å²) in [6.07, 6.45) is 3.50. The molecule has 1 saturated heterocycles. The molecule has 4 rings (SSSR count). The zero-order valence-electron chi connectivity index (χ0n) is 17.4. The molecule has 0 bridgehead atoms. The molecule has 160 valence electrons. The molecular formula is C21H25Cl2N5O2. The molecule has 7 nitrogen and oxygen atoms in total. The Morgan fingerprint density at radius 1 is 1.07 bits per heavy atom. The third-order valence-corrected chi connectivity index (χ3v) is 6.80. The average molecular weight is 450 g/mol. The number of aromatic nitrogens is 4. The van der Waals surface area contributed by atoms with E-state index in [0.29, 0.717) is 40.3 Å².